The monoisotopic (exact) mass is 382 g/mol. The van der Waals surface area contributed by atoms with Crippen LogP contribution in [0.1, 0.15) is 10.4 Å². The van der Waals surface area contributed by atoms with Crippen molar-refractivity contribution in [1.82, 2.24) is 19.7 Å². The average Bonchev–Trinajstić information content (AvgIpc) is 3.02. The number of carbonyl (C=O) groups is 1. The molecule has 28 heavy (non-hydrogen) atoms. The third kappa shape index (κ3) is 4.06. The summed E-state index contributed by atoms with van der Waals surface area (Å²) in [5, 5.41) is 7.18. The van der Waals surface area contributed by atoms with Crippen molar-refractivity contribution in [2.45, 2.75) is 6.54 Å². The highest BCUT2D eigenvalue weighted by atomic mass is 16.5. The third-order valence-corrected chi connectivity index (χ3v) is 4.35. The molecule has 1 heterocycles. The van der Waals surface area contributed by atoms with Crippen LogP contribution in [0.25, 0.3) is 11.4 Å². The summed E-state index contributed by atoms with van der Waals surface area (Å²) < 4.78 is 13.0. The third-order valence-electron chi connectivity index (χ3n) is 4.35. The van der Waals surface area contributed by atoms with Gasteiger partial charge in [-0.3, -0.25) is 9.36 Å². The molecule has 1 aromatic heterocycles. The number of hydrogen-bond acceptors (Lipinski definition) is 5. The predicted octanol–water partition coefficient (Wildman–Crippen LogP) is 1.70. The van der Waals surface area contributed by atoms with Crippen molar-refractivity contribution in [3.63, 3.8) is 0 Å². The molecule has 0 aliphatic rings. The SMILES string of the molecule is COc1ccc(C(=O)NCCn2nc(-c3ccc(OC)cc3)n(C)c2=O)cc1. The number of aromatic nitrogens is 3. The molecule has 3 aromatic rings. The summed E-state index contributed by atoms with van der Waals surface area (Å²) in [5.74, 6) is 1.74. The molecule has 0 unspecified atom stereocenters. The normalized spacial score (nSPS) is 10.5. The number of nitrogens with one attached hydrogen (secondary N) is 1. The first-order valence-corrected chi connectivity index (χ1v) is 8.74. The highest BCUT2D eigenvalue weighted by Gasteiger charge is 2.13. The molecule has 0 aliphatic heterocycles. The second-order valence-electron chi connectivity index (χ2n) is 6.10. The van der Waals surface area contributed by atoms with Crippen LogP contribution < -0.4 is 20.5 Å². The summed E-state index contributed by atoms with van der Waals surface area (Å²) in [6, 6.07) is 14.1. The van der Waals surface area contributed by atoms with Crippen molar-refractivity contribution >= 4 is 5.91 Å². The standard InChI is InChI=1S/C20H22N4O4/c1-23-18(14-4-8-16(27-2)9-5-14)22-24(20(23)26)13-12-21-19(25)15-6-10-17(28-3)11-7-15/h4-11H,12-13H2,1-3H3,(H,21,25). The van der Waals surface area contributed by atoms with E-state index in [1.165, 1.54) is 9.25 Å². The first-order chi connectivity index (χ1) is 13.5. The van der Waals surface area contributed by atoms with E-state index >= 15 is 0 Å². The lowest BCUT2D eigenvalue weighted by Gasteiger charge is -2.06. The first-order valence-electron chi connectivity index (χ1n) is 8.74. The van der Waals surface area contributed by atoms with Crippen LogP contribution in [0, 0.1) is 0 Å². The van der Waals surface area contributed by atoms with Crippen LogP contribution >= 0.6 is 0 Å². The molecule has 146 valence electrons. The van der Waals surface area contributed by atoms with E-state index in [-0.39, 0.29) is 24.7 Å². The Labute approximate surface area is 162 Å². The molecule has 0 saturated heterocycles. The van der Waals surface area contributed by atoms with Gasteiger partial charge in [-0.25, -0.2) is 9.48 Å². The van der Waals surface area contributed by atoms with Crippen LogP contribution in [0.2, 0.25) is 0 Å². The van der Waals surface area contributed by atoms with Crippen LogP contribution in [-0.4, -0.2) is 41.0 Å². The van der Waals surface area contributed by atoms with E-state index in [4.69, 9.17) is 9.47 Å². The maximum absolute atomic E-state index is 12.4. The molecule has 0 radical (unpaired) electrons. The van der Waals surface area contributed by atoms with Gasteiger partial charge < -0.3 is 14.8 Å². The summed E-state index contributed by atoms with van der Waals surface area (Å²) in [6.45, 7) is 0.550. The Morgan fingerprint density at radius 1 is 1.00 bits per heavy atom. The maximum Gasteiger partial charge on any atom is 0.345 e. The van der Waals surface area contributed by atoms with Crippen LogP contribution in [-0.2, 0) is 13.6 Å². The molecule has 0 atom stereocenters. The molecule has 0 fully saturated rings. The summed E-state index contributed by atoms with van der Waals surface area (Å²) in [6.07, 6.45) is 0. The Balaban J connectivity index is 1.65. The second kappa shape index (κ2) is 8.43. The molecule has 1 N–H and O–H groups in total. The Morgan fingerprint density at radius 2 is 1.57 bits per heavy atom. The van der Waals surface area contributed by atoms with Crippen molar-refractivity contribution in [1.29, 1.82) is 0 Å². The maximum atomic E-state index is 12.4. The molecule has 0 saturated carbocycles. The summed E-state index contributed by atoms with van der Waals surface area (Å²) in [7, 11) is 4.83. The highest BCUT2D eigenvalue weighted by Crippen LogP contribution is 2.19. The molecule has 1 amide bonds. The van der Waals surface area contributed by atoms with Gasteiger partial charge in [0.2, 0.25) is 0 Å². The zero-order valence-electron chi connectivity index (χ0n) is 16.0. The van der Waals surface area contributed by atoms with Gasteiger partial charge >= 0.3 is 5.69 Å². The van der Waals surface area contributed by atoms with E-state index in [1.807, 2.05) is 24.3 Å². The zero-order valence-corrected chi connectivity index (χ0v) is 16.0. The van der Waals surface area contributed by atoms with Crippen molar-refractivity contribution < 1.29 is 14.3 Å². The smallest absolute Gasteiger partial charge is 0.345 e. The number of carbonyl (C=O) groups excluding carboxylic acids is 1. The Morgan fingerprint density at radius 3 is 2.14 bits per heavy atom. The highest BCUT2D eigenvalue weighted by molar-refractivity contribution is 5.94. The van der Waals surface area contributed by atoms with E-state index in [1.54, 1.807) is 45.5 Å². The van der Waals surface area contributed by atoms with Crippen molar-refractivity contribution in [2.24, 2.45) is 7.05 Å². The molecular weight excluding hydrogens is 360 g/mol. The van der Waals surface area contributed by atoms with Crippen molar-refractivity contribution in [2.75, 3.05) is 20.8 Å². The molecule has 2 aromatic carbocycles. The fourth-order valence-electron chi connectivity index (χ4n) is 2.74. The predicted molar refractivity (Wildman–Crippen MR) is 105 cm³/mol. The van der Waals surface area contributed by atoms with Crippen molar-refractivity contribution in [3.05, 3.63) is 64.6 Å². The minimum absolute atomic E-state index is 0.220. The van der Waals surface area contributed by atoms with E-state index in [9.17, 15) is 9.59 Å². The zero-order chi connectivity index (χ0) is 20.1. The van der Waals surface area contributed by atoms with Crippen LogP contribution in [0.3, 0.4) is 0 Å². The van der Waals surface area contributed by atoms with Gasteiger partial charge in [0.05, 0.1) is 20.8 Å². The molecular formula is C20H22N4O4. The fraction of sp³-hybridized carbons (Fsp3) is 0.250. The van der Waals surface area contributed by atoms with Crippen LogP contribution in [0.4, 0.5) is 0 Å². The topological polar surface area (TPSA) is 87.4 Å². The Bertz CT molecular complexity index is 1000. The van der Waals surface area contributed by atoms with E-state index in [2.05, 4.69) is 10.4 Å². The average molecular weight is 382 g/mol. The number of nitrogens with zero attached hydrogens (tertiary/aromatic N) is 3. The Kier molecular flexibility index (Phi) is 5.78. The molecule has 0 spiro atoms. The molecule has 3 rings (SSSR count). The molecule has 0 bridgehead atoms. The van der Waals surface area contributed by atoms with Gasteiger partial charge in [-0.05, 0) is 48.5 Å². The number of methoxy groups -OCH3 is 2. The van der Waals surface area contributed by atoms with Gasteiger partial charge in [-0.1, -0.05) is 0 Å². The van der Waals surface area contributed by atoms with E-state index < -0.39 is 0 Å². The summed E-state index contributed by atoms with van der Waals surface area (Å²) in [5.41, 5.74) is 1.08. The summed E-state index contributed by atoms with van der Waals surface area (Å²) >= 11 is 0. The number of rotatable bonds is 7. The van der Waals surface area contributed by atoms with E-state index in [0.29, 0.717) is 17.1 Å². The summed E-state index contributed by atoms with van der Waals surface area (Å²) in [4.78, 5) is 24.6. The lowest BCUT2D eigenvalue weighted by molar-refractivity contribution is 0.0951. The minimum Gasteiger partial charge on any atom is -0.497 e. The molecule has 0 aliphatic carbocycles. The van der Waals surface area contributed by atoms with Crippen LogP contribution in [0.5, 0.6) is 11.5 Å². The second-order valence-corrected chi connectivity index (χ2v) is 6.10. The van der Waals surface area contributed by atoms with Gasteiger partial charge in [0.25, 0.3) is 5.91 Å². The fourth-order valence-corrected chi connectivity index (χ4v) is 2.74. The van der Waals surface area contributed by atoms with Crippen molar-refractivity contribution in [3.8, 4) is 22.9 Å². The number of amides is 1. The largest absolute Gasteiger partial charge is 0.497 e. The van der Waals surface area contributed by atoms with Crippen LogP contribution in [0.15, 0.2) is 53.3 Å². The Hall–Kier alpha value is -3.55. The van der Waals surface area contributed by atoms with Gasteiger partial charge in [-0.2, -0.15) is 0 Å². The van der Waals surface area contributed by atoms with E-state index in [0.717, 1.165) is 11.3 Å². The molecule has 8 heteroatoms. The number of hydrogen-bond donors (Lipinski definition) is 1. The van der Waals surface area contributed by atoms with Gasteiger partial charge in [0.15, 0.2) is 5.82 Å². The lowest BCUT2D eigenvalue weighted by atomic mass is 10.2. The molecule has 8 nitrogen and oxygen atoms in total. The van der Waals surface area contributed by atoms with Gasteiger partial charge in [0.1, 0.15) is 11.5 Å². The minimum atomic E-state index is -0.246. The van der Waals surface area contributed by atoms with Gasteiger partial charge in [-0.15, -0.1) is 5.10 Å². The van der Waals surface area contributed by atoms with Gasteiger partial charge in [0, 0.05) is 24.7 Å². The first kappa shape index (κ1) is 19.2. The lowest BCUT2D eigenvalue weighted by Crippen LogP contribution is -2.31. The number of benzene rings is 2. The number of ether oxygens (including phenoxy) is 2. The quantitative estimate of drug-likeness (QED) is 0.672.